The third-order valence-corrected chi connectivity index (χ3v) is 11.8. The summed E-state index contributed by atoms with van der Waals surface area (Å²) in [5, 5.41) is 0. The topological polar surface area (TPSA) is 22.1 Å². The maximum atomic E-state index is 13.1. The Bertz CT molecular complexity index is 2410. The standard InChI is InChI=1S/C10H13FO.3C10H14.C9H10F3N.C9H11F.C9H12/c1-7(2)8-4-5-10(12-3)9(11)6-8;2*1-8(2)10-6-4-9(3)5-7-10;1-8(2)10-6-4-5-9(3)7-10;1-6(2)7-3-4-8(13-5-7)9(10,11)12;1-7(2)8-3-5-9(10)6-4-8;1-8(2)9-6-4-3-5-7-9/h4-7H,1-3H3;3*4-8H,1-3H3;3-6H,1-2H3;3-7H,1-2H3;3-8H,1-2H3. The van der Waals surface area contributed by atoms with Gasteiger partial charge in [-0.05, 0) is 131 Å². The van der Waals surface area contributed by atoms with Gasteiger partial charge in [-0.2, -0.15) is 13.2 Å². The first-order chi connectivity index (χ1) is 34.7. The summed E-state index contributed by atoms with van der Waals surface area (Å²) >= 11 is 0. The highest BCUT2D eigenvalue weighted by Crippen LogP contribution is 2.28. The summed E-state index contributed by atoms with van der Waals surface area (Å²) in [6.07, 6.45) is -3.07. The van der Waals surface area contributed by atoms with E-state index in [-0.39, 0.29) is 17.6 Å². The van der Waals surface area contributed by atoms with Crippen molar-refractivity contribution in [3.63, 3.8) is 0 Å². The third-order valence-electron chi connectivity index (χ3n) is 11.8. The second kappa shape index (κ2) is 34.4. The summed E-state index contributed by atoms with van der Waals surface area (Å²) < 4.78 is 66.4. The summed E-state index contributed by atoms with van der Waals surface area (Å²) in [5.74, 6) is 3.51. The number of nitrogens with zero attached hydrogens (tertiary/aromatic N) is 1. The van der Waals surface area contributed by atoms with Gasteiger partial charge >= 0.3 is 6.18 Å². The zero-order chi connectivity index (χ0) is 56.1. The maximum Gasteiger partial charge on any atom is 0.433 e. The van der Waals surface area contributed by atoms with Crippen molar-refractivity contribution in [2.75, 3.05) is 7.11 Å². The lowest BCUT2D eigenvalue weighted by molar-refractivity contribution is -0.141. The van der Waals surface area contributed by atoms with Crippen LogP contribution < -0.4 is 4.74 Å². The Morgan fingerprint density at radius 1 is 0.365 bits per heavy atom. The van der Waals surface area contributed by atoms with Gasteiger partial charge in [0.2, 0.25) is 0 Å². The Labute approximate surface area is 444 Å². The molecule has 0 aliphatic heterocycles. The second-order valence-corrected chi connectivity index (χ2v) is 20.6. The van der Waals surface area contributed by atoms with Crippen LogP contribution in [0, 0.1) is 32.4 Å². The first-order valence-electron chi connectivity index (χ1n) is 26.0. The number of ether oxygens (including phenoxy) is 1. The van der Waals surface area contributed by atoms with Gasteiger partial charge in [-0.25, -0.2) is 8.78 Å². The van der Waals surface area contributed by atoms with Gasteiger partial charge in [-0.1, -0.05) is 241 Å². The zero-order valence-electron chi connectivity index (χ0n) is 47.9. The normalized spacial score (nSPS) is 10.7. The fourth-order valence-electron chi connectivity index (χ4n) is 6.57. The quantitative estimate of drug-likeness (QED) is 0.142. The van der Waals surface area contributed by atoms with E-state index >= 15 is 0 Å². The van der Waals surface area contributed by atoms with Crippen LogP contribution >= 0.6 is 0 Å². The number of halogens is 5. The SMILES string of the molecule is CC(C)c1ccc(C(F)(F)F)nc1.CC(C)c1ccc(F)cc1.CC(C)c1ccccc1.COc1ccc(C(C)C)cc1F.Cc1ccc(C(C)C)cc1.Cc1ccc(C(C)C)cc1.Cc1cccc(C(C)C)c1. The molecule has 0 aliphatic rings. The molecule has 2 nitrogen and oxygen atoms in total. The van der Waals surface area contributed by atoms with Crippen LogP contribution in [0.25, 0.3) is 0 Å². The molecule has 0 saturated heterocycles. The number of rotatable bonds is 8. The number of alkyl halides is 3. The van der Waals surface area contributed by atoms with E-state index in [1.807, 2.05) is 52.0 Å². The lowest BCUT2D eigenvalue weighted by atomic mass is 10.0. The van der Waals surface area contributed by atoms with Crippen LogP contribution in [-0.4, -0.2) is 12.1 Å². The summed E-state index contributed by atoms with van der Waals surface area (Å²) in [6, 6.07) is 50.8. The van der Waals surface area contributed by atoms with E-state index in [0.29, 0.717) is 41.3 Å². The van der Waals surface area contributed by atoms with Crippen LogP contribution in [-0.2, 0) is 6.18 Å². The molecule has 7 rings (SSSR count). The van der Waals surface area contributed by atoms with E-state index in [1.165, 1.54) is 82.1 Å². The molecular weight excluding hydrogens is 930 g/mol. The van der Waals surface area contributed by atoms with Crippen LogP contribution in [0.4, 0.5) is 22.0 Å². The Balaban J connectivity index is 0.000000433. The number of benzene rings is 6. The highest BCUT2D eigenvalue weighted by Gasteiger charge is 2.32. The molecule has 0 fully saturated rings. The molecule has 74 heavy (non-hydrogen) atoms. The minimum Gasteiger partial charge on any atom is -0.494 e. The molecule has 402 valence electrons. The first kappa shape index (κ1) is 65.9. The van der Waals surface area contributed by atoms with Gasteiger partial charge in [0.25, 0.3) is 0 Å². The molecule has 0 saturated carbocycles. The van der Waals surface area contributed by atoms with Gasteiger partial charge in [-0.3, -0.25) is 4.98 Å². The molecule has 6 aromatic carbocycles. The highest BCUT2D eigenvalue weighted by atomic mass is 19.4. The number of aryl methyl sites for hydroxylation is 3. The van der Waals surface area contributed by atoms with Crippen molar-refractivity contribution in [1.82, 2.24) is 4.98 Å². The Hall–Kier alpha value is -6.08. The van der Waals surface area contributed by atoms with Gasteiger partial charge < -0.3 is 4.74 Å². The average molecular weight is 1020 g/mol. The summed E-state index contributed by atoms with van der Waals surface area (Å²) in [4.78, 5) is 3.35. The monoisotopic (exact) mass is 1020 g/mol. The van der Waals surface area contributed by atoms with Crippen molar-refractivity contribution in [2.24, 2.45) is 0 Å². The molecule has 0 bridgehead atoms. The predicted molar refractivity (Wildman–Crippen MR) is 307 cm³/mol. The van der Waals surface area contributed by atoms with E-state index in [0.717, 1.165) is 17.2 Å². The first-order valence-corrected chi connectivity index (χ1v) is 26.0. The van der Waals surface area contributed by atoms with Crippen LogP contribution in [0.3, 0.4) is 0 Å². The summed E-state index contributed by atoms with van der Waals surface area (Å²) in [5.41, 5.74) is 11.9. The minimum absolute atomic E-state index is 0.163. The molecule has 7 heteroatoms. The Morgan fingerprint density at radius 2 is 0.716 bits per heavy atom. The van der Waals surface area contributed by atoms with Crippen molar-refractivity contribution in [3.05, 3.63) is 237 Å². The van der Waals surface area contributed by atoms with Crippen LogP contribution in [0.2, 0.25) is 0 Å². The molecule has 0 amide bonds. The molecule has 0 N–H and O–H groups in total. The van der Waals surface area contributed by atoms with E-state index in [1.54, 1.807) is 6.07 Å². The molecule has 1 heterocycles. The lowest BCUT2D eigenvalue weighted by Crippen LogP contribution is -2.07. The maximum absolute atomic E-state index is 13.1. The van der Waals surface area contributed by atoms with Gasteiger partial charge in [0, 0.05) is 6.20 Å². The van der Waals surface area contributed by atoms with Crippen molar-refractivity contribution < 1.29 is 26.7 Å². The van der Waals surface area contributed by atoms with Gasteiger partial charge in [0.1, 0.15) is 11.5 Å². The molecule has 0 aliphatic carbocycles. The minimum atomic E-state index is -4.34. The predicted octanol–water partition coefficient (Wildman–Crippen LogP) is 21.3. The van der Waals surface area contributed by atoms with Crippen LogP contribution in [0.5, 0.6) is 5.75 Å². The van der Waals surface area contributed by atoms with Gasteiger partial charge in [0.05, 0.1) is 7.11 Å². The number of pyridine rings is 1. The van der Waals surface area contributed by atoms with Crippen molar-refractivity contribution >= 4 is 0 Å². The zero-order valence-corrected chi connectivity index (χ0v) is 47.9. The van der Waals surface area contributed by atoms with Crippen molar-refractivity contribution in [3.8, 4) is 5.75 Å². The van der Waals surface area contributed by atoms with Gasteiger partial charge in [-0.15, -0.1) is 0 Å². The Kier molecular flexibility index (Phi) is 30.7. The smallest absolute Gasteiger partial charge is 0.433 e. The van der Waals surface area contributed by atoms with Crippen molar-refractivity contribution in [1.29, 1.82) is 0 Å². The van der Waals surface area contributed by atoms with E-state index in [2.05, 4.69) is 192 Å². The Morgan fingerprint density at radius 3 is 1.03 bits per heavy atom. The van der Waals surface area contributed by atoms with E-state index < -0.39 is 11.9 Å². The second-order valence-electron chi connectivity index (χ2n) is 20.6. The van der Waals surface area contributed by atoms with Crippen LogP contribution in [0.1, 0.15) is 200 Å². The molecule has 0 unspecified atom stereocenters. The number of aromatic nitrogens is 1. The molecule has 0 atom stereocenters. The number of methoxy groups -OCH3 is 1. The van der Waals surface area contributed by atoms with E-state index in [9.17, 15) is 22.0 Å². The molecule has 1 aromatic heterocycles. The lowest BCUT2D eigenvalue weighted by Gasteiger charge is -2.07. The highest BCUT2D eigenvalue weighted by molar-refractivity contribution is 5.31. The fourth-order valence-corrected chi connectivity index (χ4v) is 6.57. The number of hydrogen-bond donors (Lipinski definition) is 0. The third kappa shape index (κ3) is 27.3. The largest absolute Gasteiger partial charge is 0.494 e. The van der Waals surface area contributed by atoms with E-state index in [4.69, 9.17) is 4.74 Å². The molecule has 0 radical (unpaired) electrons. The summed E-state index contributed by atoms with van der Waals surface area (Å²) in [6.45, 7) is 36.1. The van der Waals surface area contributed by atoms with Crippen LogP contribution in [0.15, 0.2) is 164 Å². The summed E-state index contributed by atoms with van der Waals surface area (Å²) in [7, 11) is 1.47. The average Bonchev–Trinajstić information content (AvgIpc) is 3.35. The van der Waals surface area contributed by atoms with Gasteiger partial charge in [0.15, 0.2) is 11.6 Å². The molecular formula is C67H88F5NO. The number of hydrogen-bond acceptors (Lipinski definition) is 2. The molecule has 7 aromatic rings. The van der Waals surface area contributed by atoms with Crippen molar-refractivity contribution in [2.45, 2.75) is 165 Å². The molecule has 0 spiro atoms. The fraction of sp³-hybridized carbons (Fsp3) is 0.388.